The Bertz CT molecular complexity index is 417. The Morgan fingerprint density at radius 1 is 1.44 bits per heavy atom. The zero-order chi connectivity index (χ0) is 13.0. The van der Waals surface area contributed by atoms with Crippen molar-refractivity contribution in [1.82, 2.24) is 10.6 Å². The van der Waals surface area contributed by atoms with E-state index in [-0.39, 0.29) is 24.3 Å². The van der Waals surface area contributed by atoms with E-state index in [9.17, 15) is 9.59 Å². The molecule has 0 unspecified atom stereocenters. The predicted molar refractivity (Wildman–Crippen MR) is 71.3 cm³/mol. The van der Waals surface area contributed by atoms with Gasteiger partial charge in [0, 0.05) is 17.3 Å². The van der Waals surface area contributed by atoms with Crippen molar-refractivity contribution < 1.29 is 9.59 Å². The highest BCUT2D eigenvalue weighted by Crippen LogP contribution is 2.37. The van der Waals surface area contributed by atoms with Gasteiger partial charge in [-0.25, -0.2) is 0 Å². The minimum atomic E-state index is -0.117. The third-order valence-corrected chi connectivity index (χ3v) is 4.08. The summed E-state index contributed by atoms with van der Waals surface area (Å²) in [6.45, 7) is 2.76. The molecule has 1 heterocycles. The highest BCUT2D eigenvalue weighted by atomic mass is 32.1. The van der Waals surface area contributed by atoms with Crippen LogP contribution in [0.2, 0.25) is 0 Å². The van der Waals surface area contributed by atoms with E-state index in [1.807, 2.05) is 24.4 Å². The van der Waals surface area contributed by atoms with Gasteiger partial charge in [-0.2, -0.15) is 0 Å². The van der Waals surface area contributed by atoms with Gasteiger partial charge in [0.25, 0.3) is 0 Å². The van der Waals surface area contributed by atoms with Crippen molar-refractivity contribution in [3.05, 3.63) is 22.4 Å². The minimum absolute atomic E-state index is 0.0101. The van der Waals surface area contributed by atoms with Crippen molar-refractivity contribution in [3.8, 4) is 0 Å². The average Bonchev–Trinajstić information content (AvgIpc) is 2.87. The number of nitrogens with one attached hydrogen (secondary N) is 2. The van der Waals surface area contributed by atoms with Crippen LogP contribution in [0.3, 0.4) is 0 Å². The Morgan fingerprint density at radius 2 is 2.22 bits per heavy atom. The lowest BCUT2D eigenvalue weighted by atomic mass is 10.3. The average molecular weight is 266 g/mol. The van der Waals surface area contributed by atoms with E-state index in [4.69, 9.17) is 0 Å². The van der Waals surface area contributed by atoms with Crippen molar-refractivity contribution in [2.24, 2.45) is 11.8 Å². The number of amides is 2. The smallest absolute Gasteiger partial charge is 0.239 e. The van der Waals surface area contributed by atoms with Crippen LogP contribution < -0.4 is 10.6 Å². The molecule has 1 fully saturated rings. The standard InChI is InChI=1S/C13H18N2O2S/c1-9-7-11(9)13(17)15-8-12(16)14-5-4-10-3-2-6-18-10/h2-3,6,9,11H,4-5,7-8H2,1H3,(H,14,16)(H,15,17)/t9-,11-/m1/s1. The second-order valence-electron chi connectivity index (χ2n) is 4.72. The molecule has 18 heavy (non-hydrogen) atoms. The monoisotopic (exact) mass is 266 g/mol. The molecule has 0 aromatic carbocycles. The molecule has 1 aliphatic carbocycles. The number of carbonyl (C=O) groups excluding carboxylic acids is 2. The number of hydrogen-bond acceptors (Lipinski definition) is 3. The first-order valence-corrected chi connectivity index (χ1v) is 7.11. The lowest BCUT2D eigenvalue weighted by Crippen LogP contribution is -2.38. The largest absolute Gasteiger partial charge is 0.354 e. The highest BCUT2D eigenvalue weighted by molar-refractivity contribution is 7.09. The molecule has 1 aromatic heterocycles. The van der Waals surface area contributed by atoms with Gasteiger partial charge < -0.3 is 10.6 Å². The Balaban J connectivity index is 1.56. The van der Waals surface area contributed by atoms with E-state index in [1.54, 1.807) is 11.3 Å². The molecular formula is C13H18N2O2S. The SMILES string of the molecule is C[C@@H]1C[C@H]1C(=O)NCC(=O)NCCc1cccs1. The Morgan fingerprint density at radius 3 is 2.83 bits per heavy atom. The molecule has 0 spiro atoms. The first kappa shape index (κ1) is 13.1. The van der Waals surface area contributed by atoms with Gasteiger partial charge in [0.1, 0.15) is 0 Å². The van der Waals surface area contributed by atoms with Gasteiger partial charge in [-0.3, -0.25) is 9.59 Å². The molecule has 0 radical (unpaired) electrons. The molecule has 5 heteroatoms. The lowest BCUT2D eigenvalue weighted by molar-refractivity contribution is -0.126. The van der Waals surface area contributed by atoms with Crippen LogP contribution >= 0.6 is 11.3 Å². The molecule has 0 saturated heterocycles. The molecule has 2 amide bonds. The van der Waals surface area contributed by atoms with E-state index >= 15 is 0 Å². The van der Waals surface area contributed by atoms with Gasteiger partial charge >= 0.3 is 0 Å². The normalized spacial score (nSPS) is 21.4. The fraction of sp³-hybridized carbons (Fsp3) is 0.538. The van der Waals surface area contributed by atoms with Crippen LogP contribution in [0.15, 0.2) is 17.5 Å². The van der Waals surface area contributed by atoms with Crippen molar-refractivity contribution in [1.29, 1.82) is 0 Å². The van der Waals surface area contributed by atoms with Crippen LogP contribution in [0.1, 0.15) is 18.2 Å². The highest BCUT2D eigenvalue weighted by Gasteiger charge is 2.38. The molecule has 1 aliphatic rings. The van der Waals surface area contributed by atoms with Crippen LogP contribution in [-0.2, 0) is 16.0 Å². The first-order chi connectivity index (χ1) is 8.66. The summed E-state index contributed by atoms with van der Waals surface area (Å²) in [6, 6.07) is 4.05. The molecule has 1 aromatic rings. The Kier molecular flexibility index (Phi) is 4.36. The van der Waals surface area contributed by atoms with E-state index in [0.29, 0.717) is 12.5 Å². The maximum Gasteiger partial charge on any atom is 0.239 e. The quantitative estimate of drug-likeness (QED) is 0.812. The number of thiophene rings is 1. The number of hydrogen-bond donors (Lipinski definition) is 2. The summed E-state index contributed by atoms with van der Waals surface area (Å²) in [5.74, 6) is 0.500. The van der Waals surface area contributed by atoms with Crippen molar-refractivity contribution in [2.45, 2.75) is 19.8 Å². The summed E-state index contributed by atoms with van der Waals surface area (Å²) in [5, 5.41) is 7.49. The minimum Gasteiger partial charge on any atom is -0.354 e. The van der Waals surface area contributed by atoms with E-state index < -0.39 is 0 Å². The molecule has 1 saturated carbocycles. The molecule has 2 N–H and O–H groups in total. The van der Waals surface area contributed by atoms with Crippen LogP contribution in [-0.4, -0.2) is 24.9 Å². The van der Waals surface area contributed by atoms with E-state index in [2.05, 4.69) is 10.6 Å². The third-order valence-electron chi connectivity index (χ3n) is 3.14. The topological polar surface area (TPSA) is 58.2 Å². The van der Waals surface area contributed by atoms with E-state index in [1.165, 1.54) is 4.88 Å². The van der Waals surface area contributed by atoms with Crippen LogP contribution in [0.25, 0.3) is 0 Å². The van der Waals surface area contributed by atoms with Crippen molar-refractivity contribution in [2.75, 3.05) is 13.1 Å². The van der Waals surface area contributed by atoms with Gasteiger partial charge in [0.2, 0.25) is 11.8 Å². The summed E-state index contributed by atoms with van der Waals surface area (Å²) in [4.78, 5) is 24.2. The van der Waals surface area contributed by atoms with Crippen molar-refractivity contribution >= 4 is 23.2 Å². The summed E-state index contributed by atoms with van der Waals surface area (Å²) in [7, 11) is 0. The second kappa shape index (κ2) is 6.00. The predicted octanol–water partition coefficient (Wildman–Crippen LogP) is 1.18. The Hall–Kier alpha value is -1.36. The van der Waals surface area contributed by atoms with Crippen LogP contribution in [0.5, 0.6) is 0 Å². The maximum absolute atomic E-state index is 11.5. The van der Waals surface area contributed by atoms with Gasteiger partial charge in [-0.05, 0) is 30.2 Å². The molecule has 98 valence electrons. The maximum atomic E-state index is 11.5. The van der Waals surface area contributed by atoms with E-state index in [0.717, 1.165) is 12.8 Å². The summed E-state index contributed by atoms with van der Waals surface area (Å²) in [6.07, 6.45) is 1.79. The third kappa shape index (κ3) is 3.84. The summed E-state index contributed by atoms with van der Waals surface area (Å²) >= 11 is 1.68. The van der Waals surface area contributed by atoms with Gasteiger partial charge in [-0.1, -0.05) is 13.0 Å². The molecule has 0 bridgehead atoms. The van der Waals surface area contributed by atoms with Gasteiger partial charge in [-0.15, -0.1) is 11.3 Å². The second-order valence-corrected chi connectivity index (χ2v) is 5.75. The van der Waals surface area contributed by atoms with Crippen LogP contribution in [0.4, 0.5) is 0 Å². The van der Waals surface area contributed by atoms with Gasteiger partial charge in [0.05, 0.1) is 6.54 Å². The van der Waals surface area contributed by atoms with Crippen molar-refractivity contribution in [3.63, 3.8) is 0 Å². The van der Waals surface area contributed by atoms with Gasteiger partial charge in [0.15, 0.2) is 0 Å². The fourth-order valence-electron chi connectivity index (χ4n) is 1.83. The lowest BCUT2D eigenvalue weighted by Gasteiger charge is -2.06. The zero-order valence-electron chi connectivity index (χ0n) is 10.4. The molecule has 2 rings (SSSR count). The van der Waals surface area contributed by atoms with Crippen LogP contribution in [0, 0.1) is 11.8 Å². The summed E-state index contributed by atoms with van der Waals surface area (Å²) < 4.78 is 0. The zero-order valence-corrected chi connectivity index (χ0v) is 11.3. The summed E-state index contributed by atoms with van der Waals surface area (Å²) in [5.41, 5.74) is 0. The molecule has 0 aliphatic heterocycles. The molecular weight excluding hydrogens is 248 g/mol. The first-order valence-electron chi connectivity index (χ1n) is 6.23. The fourth-order valence-corrected chi connectivity index (χ4v) is 2.54. The number of carbonyl (C=O) groups is 2. The molecule has 2 atom stereocenters. The molecule has 4 nitrogen and oxygen atoms in total. The Labute approximate surface area is 111 Å². The number of rotatable bonds is 6.